The van der Waals surface area contributed by atoms with Gasteiger partial charge >= 0.3 is 0 Å². The van der Waals surface area contributed by atoms with Crippen molar-refractivity contribution < 1.29 is 19.7 Å². The monoisotopic (exact) mass is 321 g/mol. The summed E-state index contributed by atoms with van der Waals surface area (Å²) in [5.41, 5.74) is 11.8. The standard InChI is InChI=1S/C14H19N5O4/c1-5-8(4-20)23-14(10(5)21)19-3-7(12(16)22)9-11(15)17-6(2)18-13(9)19/h3,5,8,10,14,20-21H,4H2,1-2H3,(H2,16,22)(H2,15,17,18)/t5-,8-,10+,14-/m1/s1. The Morgan fingerprint density at radius 3 is 2.74 bits per heavy atom. The number of anilines is 1. The lowest BCUT2D eigenvalue weighted by atomic mass is 10.0. The molecule has 6 N–H and O–H groups in total. The van der Waals surface area contributed by atoms with E-state index in [0.717, 1.165) is 0 Å². The summed E-state index contributed by atoms with van der Waals surface area (Å²) in [6, 6.07) is 0. The summed E-state index contributed by atoms with van der Waals surface area (Å²) in [6.45, 7) is 3.23. The molecule has 3 heterocycles. The van der Waals surface area contributed by atoms with Crippen LogP contribution >= 0.6 is 0 Å². The van der Waals surface area contributed by atoms with Crippen LogP contribution in [0.3, 0.4) is 0 Å². The fourth-order valence-corrected chi connectivity index (χ4v) is 2.97. The summed E-state index contributed by atoms with van der Waals surface area (Å²) in [7, 11) is 0. The molecule has 0 aromatic carbocycles. The minimum absolute atomic E-state index is 0.138. The van der Waals surface area contributed by atoms with Crippen molar-refractivity contribution in [3.8, 4) is 0 Å². The minimum atomic E-state index is -0.875. The highest BCUT2D eigenvalue weighted by Gasteiger charge is 2.42. The Morgan fingerprint density at radius 2 is 2.17 bits per heavy atom. The van der Waals surface area contributed by atoms with Crippen LogP contribution in [0.25, 0.3) is 11.0 Å². The molecule has 0 saturated carbocycles. The average molecular weight is 321 g/mol. The zero-order chi connectivity index (χ0) is 16.9. The first-order chi connectivity index (χ1) is 10.8. The third kappa shape index (κ3) is 2.33. The molecule has 0 spiro atoms. The van der Waals surface area contributed by atoms with Gasteiger partial charge in [-0.1, -0.05) is 6.92 Å². The number of aromatic nitrogens is 3. The molecule has 23 heavy (non-hydrogen) atoms. The predicted octanol–water partition coefficient (Wildman–Crippen LogP) is -0.692. The molecular formula is C14H19N5O4. The molecule has 1 amide bonds. The van der Waals surface area contributed by atoms with Gasteiger partial charge in [-0.25, -0.2) is 9.97 Å². The third-order valence-electron chi connectivity index (χ3n) is 4.26. The first-order valence-corrected chi connectivity index (χ1v) is 7.24. The summed E-state index contributed by atoms with van der Waals surface area (Å²) >= 11 is 0. The first-order valence-electron chi connectivity index (χ1n) is 7.24. The van der Waals surface area contributed by atoms with Gasteiger partial charge in [-0.05, 0) is 6.92 Å². The summed E-state index contributed by atoms with van der Waals surface area (Å²) in [5, 5.41) is 20.1. The topological polar surface area (TPSA) is 150 Å². The second kappa shape index (κ2) is 5.44. The Morgan fingerprint density at radius 1 is 1.48 bits per heavy atom. The second-order valence-corrected chi connectivity index (χ2v) is 5.77. The third-order valence-corrected chi connectivity index (χ3v) is 4.26. The number of aryl methyl sites for hydroxylation is 1. The maximum absolute atomic E-state index is 11.7. The highest BCUT2D eigenvalue weighted by atomic mass is 16.5. The van der Waals surface area contributed by atoms with Gasteiger partial charge in [0.2, 0.25) is 0 Å². The van der Waals surface area contributed by atoms with Crippen molar-refractivity contribution in [3.63, 3.8) is 0 Å². The van der Waals surface area contributed by atoms with Gasteiger partial charge in [0.15, 0.2) is 6.23 Å². The number of nitrogens with zero attached hydrogens (tertiary/aromatic N) is 3. The van der Waals surface area contributed by atoms with Crippen LogP contribution in [-0.2, 0) is 4.74 Å². The van der Waals surface area contributed by atoms with Crippen molar-refractivity contribution in [1.82, 2.24) is 14.5 Å². The number of amides is 1. The number of nitrogen functional groups attached to an aromatic ring is 1. The van der Waals surface area contributed by atoms with E-state index in [9.17, 15) is 15.0 Å². The first kappa shape index (κ1) is 15.7. The number of ether oxygens (including phenoxy) is 1. The van der Waals surface area contributed by atoms with Crippen LogP contribution in [0.15, 0.2) is 6.20 Å². The SMILES string of the molecule is Cc1nc(N)c2c(C(N)=O)cn([C@@H]3O[C@H](CO)[C@@H](C)[C@@H]3O)c2n1. The van der Waals surface area contributed by atoms with Crippen LogP contribution in [0.4, 0.5) is 5.82 Å². The van der Waals surface area contributed by atoms with Gasteiger partial charge in [0.1, 0.15) is 23.4 Å². The van der Waals surface area contributed by atoms with Crippen LogP contribution in [0.5, 0.6) is 0 Å². The van der Waals surface area contributed by atoms with Gasteiger partial charge in [-0.15, -0.1) is 0 Å². The van der Waals surface area contributed by atoms with E-state index >= 15 is 0 Å². The largest absolute Gasteiger partial charge is 0.394 e. The Balaban J connectivity index is 2.20. The molecule has 4 atom stereocenters. The van der Waals surface area contributed by atoms with Crippen LogP contribution in [0.1, 0.15) is 29.3 Å². The number of hydrogen-bond donors (Lipinski definition) is 4. The molecule has 0 aliphatic carbocycles. The number of nitrogens with two attached hydrogens (primary N) is 2. The molecule has 1 aliphatic rings. The normalized spacial score (nSPS) is 27.7. The minimum Gasteiger partial charge on any atom is -0.394 e. The smallest absolute Gasteiger partial charge is 0.251 e. The van der Waals surface area contributed by atoms with Gasteiger partial charge in [0.05, 0.1) is 23.7 Å². The molecule has 1 aliphatic heterocycles. The molecule has 1 fully saturated rings. The van der Waals surface area contributed by atoms with Crippen LogP contribution in [0.2, 0.25) is 0 Å². The number of carbonyl (C=O) groups excluding carboxylic acids is 1. The van der Waals surface area contributed by atoms with E-state index in [0.29, 0.717) is 16.9 Å². The number of fused-ring (bicyclic) bond motifs is 1. The second-order valence-electron chi connectivity index (χ2n) is 5.77. The number of rotatable bonds is 3. The van der Waals surface area contributed by atoms with E-state index in [1.807, 2.05) is 0 Å². The number of aliphatic hydroxyl groups excluding tert-OH is 2. The van der Waals surface area contributed by atoms with Crippen molar-refractivity contribution in [3.05, 3.63) is 17.6 Å². The van der Waals surface area contributed by atoms with E-state index in [2.05, 4.69) is 9.97 Å². The molecule has 0 unspecified atom stereocenters. The lowest BCUT2D eigenvalue weighted by Crippen LogP contribution is -2.25. The molecule has 9 heteroatoms. The highest BCUT2D eigenvalue weighted by Crippen LogP contribution is 2.37. The average Bonchev–Trinajstić information content (AvgIpc) is 2.99. The Bertz CT molecular complexity index is 774. The van der Waals surface area contributed by atoms with Gasteiger partial charge in [-0.2, -0.15) is 0 Å². The van der Waals surface area contributed by atoms with E-state index in [4.69, 9.17) is 16.2 Å². The molecule has 0 radical (unpaired) electrons. The Hall–Kier alpha value is -2.23. The molecule has 0 bridgehead atoms. The van der Waals surface area contributed by atoms with Crippen molar-refractivity contribution in [2.24, 2.45) is 11.7 Å². The summed E-state index contributed by atoms with van der Waals surface area (Å²) < 4.78 is 7.24. The van der Waals surface area contributed by atoms with Gasteiger partial charge in [0, 0.05) is 12.1 Å². The van der Waals surface area contributed by atoms with Gasteiger partial charge < -0.3 is 31.0 Å². The lowest BCUT2D eigenvalue weighted by Gasteiger charge is -2.18. The maximum atomic E-state index is 11.7. The molecule has 9 nitrogen and oxygen atoms in total. The molecule has 3 rings (SSSR count). The van der Waals surface area contributed by atoms with Crippen LogP contribution in [-0.4, -0.2) is 49.5 Å². The number of carbonyl (C=O) groups is 1. The Kier molecular flexibility index (Phi) is 3.71. The molecule has 124 valence electrons. The van der Waals surface area contributed by atoms with Crippen molar-refractivity contribution in [2.75, 3.05) is 12.3 Å². The maximum Gasteiger partial charge on any atom is 0.251 e. The van der Waals surface area contributed by atoms with E-state index in [1.165, 1.54) is 10.8 Å². The molecule has 1 saturated heterocycles. The van der Waals surface area contributed by atoms with Crippen LogP contribution < -0.4 is 11.5 Å². The number of primary amides is 1. The molecule has 2 aromatic rings. The highest BCUT2D eigenvalue weighted by molar-refractivity contribution is 6.08. The molecule has 2 aromatic heterocycles. The lowest BCUT2D eigenvalue weighted by molar-refractivity contribution is -0.0489. The summed E-state index contributed by atoms with van der Waals surface area (Å²) in [5.74, 6) is -0.393. The van der Waals surface area contributed by atoms with Crippen molar-refractivity contribution >= 4 is 22.8 Å². The van der Waals surface area contributed by atoms with E-state index in [1.54, 1.807) is 13.8 Å². The van der Waals surface area contributed by atoms with Gasteiger partial charge in [0.25, 0.3) is 5.91 Å². The number of hydrogen-bond acceptors (Lipinski definition) is 7. The summed E-state index contributed by atoms with van der Waals surface area (Å²) in [6.07, 6.45) is -0.728. The fourth-order valence-electron chi connectivity index (χ4n) is 2.97. The zero-order valence-corrected chi connectivity index (χ0v) is 12.8. The van der Waals surface area contributed by atoms with E-state index in [-0.39, 0.29) is 23.9 Å². The quantitative estimate of drug-likeness (QED) is 0.584. The van der Waals surface area contributed by atoms with Gasteiger partial charge in [-0.3, -0.25) is 4.79 Å². The predicted molar refractivity (Wildman–Crippen MR) is 81.4 cm³/mol. The number of aliphatic hydroxyl groups is 2. The van der Waals surface area contributed by atoms with E-state index < -0.39 is 24.3 Å². The van der Waals surface area contributed by atoms with Crippen LogP contribution in [0, 0.1) is 12.8 Å². The van der Waals surface area contributed by atoms with Crippen molar-refractivity contribution in [1.29, 1.82) is 0 Å². The zero-order valence-electron chi connectivity index (χ0n) is 12.8. The summed E-state index contributed by atoms with van der Waals surface area (Å²) in [4.78, 5) is 20.1. The Labute approximate surface area is 131 Å². The fraction of sp³-hybridized carbons (Fsp3) is 0.500. The molecular weight excluding hydrogens is 302 g/mol. The van der Waals surface area contributed by atoms with Crippen molar-refractivity contribution in [2.45, 2.75) is 32.3 Å².